The maximum Gasteiger partial charge on any atom is 0.407 e. The summed E-state index contributed by atoms with van der Waals surface area (Å²) in [6, 6.07) is 2.38. The first-order chi connectivity index (χ1) is 11.0. The smallest absolute Gasteiger partial charge is 0.407 e. The molecule has 1 amide bonds. The van der Waals surface area contributed by atoms with E-state index in [0.29, 0.717) is 0 Å². The van der Waals surface area contributed by atoms with Crippen molar-refractivity contribution in [2.24, 2.45) is 5.92 Å². The molecule has 0 aliphatic heterocycles. The third-order valence-corrected chi connectivity index (χ3v) is 3.88. The minimum Gasteiger partial charge on any atom is -0.465 e. The van der Waals surface area contributed by atoms with Crippen LogP contribution in [0.1, 0.15) is 40.2 Å². The molecular weight excluding hydrogens is 335 g/mol. The van der Waals surface area contributed by atoms with Crippen molar-refractivity contribution in [2.45, 2.75) is 46.2 Å². The number of hydrogen-bond acceptors (Lipinski definition) is 4. The number of nitriles is 1. The number of amides is 1. The number of aromatic nitrogens is 1. The Bertz CT molecular complexity index is 653. The lowest BCUT2D eigenvalue weighted by atomic mass is 10.00. The Balaban J connectivity index is 3.09. The molecule has 1 aromatic heterocycles. The largest absolute Gasteiger partial charge is 0.465 e. The van der Waals surface area contributed by atoms with Crippen molar-refractivity contribution in [3.63, 3.8) is 0 Å². The van der Waals surface area contributed by atoms with Gasteiger partial charge in [-0.2, -0.15) is 5.26 Å². The lowest BCUT2D eigenvalue weighted by Gasteiger charge is -2.37. The van der Waals surface area contributed by atoms with E-state index in [4.69, 9.17) is 16.9 Å². The summed E-state index contributed by atoms with van der Waals surface area (Å²) < 4.78 is 14.1. The van der Waals surface area contributed by atoms with Crippen molar-refractivity contribution < 1.29 is 14.3 Å². The predicted molar refractivity (Wildman–Crippen MR) is 90.7 cm³/mol. The average Bonchev–Trinajstić information content (AvgIpc) is 2.44. The summed E-state index contributed by atoms with van der Waals surface area (Å²) in [5, 5.41) is 21.1. The SMILES string of the molecule is CC(C)[C@H](CN(C(=O)O)C(C)(C)C)Nc1nc(Cl)c(C#N)cc1F. The Morgan fingerprint density at radius 3 is 2.54 bits per heavy atom. The zero-order valence-electron chi connectivity index (χ0n) is 14.4. The van der Waals surface area contributed by atoms with Gasteiger partial charge in [-0.05, 0) is 32.8 Å². The van der Waals surface area contributed by atoms with Gasteiger partial charge in [0.05, 0.1) is 5.56 Å². The third kappa shape index (κ3) is 4.96. The topological polar surface area (TPSA) is 89.2 Å². The molecule has 0 saturated carbocycles. The van der Waals surface area contributed by atoms with Gasteiger partial charge in [0.25, 0.3) is 0 Å². The molecule has 0 bridgehead atoms. The maximum absolute atomic E-state index is 14.1. The molecule has 132 valence electrons. The van der Waals surface area contributed by atoms with Crippen LogP contribution < -0.4 is 5.32 Å². The summed E-state index contributed by atoms with van der Waals surface area (Å²) in [5.41, 5.74) is -0.655. The lowest BCUT2D eigenvalue weighted by molar-refractivity contribution is 0.0942. The van der Waals surface area contributed by atoms with Crippen molar-refractivity contribution in [1.82, 2.24) is 9.88 Å². The van der Waals surface area contributed by atoms with Gasteiger partial charge in [-0.3, -0.25) is 0 Å². The third-order valence-electron chi connectivity index (χ3n) is 3.60. The molecule has 1 rings (SSSR count). The Hall–Kier alpha value is -2.07. The molecule has 0 aliphatic carbocycles. The van der Waals surface area contributed by atoms with Gasteiger partial charge in [-0.25, -0.2) is 14.2 Å². The van der Waals surface area contributed by atoms with Crippen molar-refractivity contribution in [1.29, 1.82) is 5.26 Å². The van der Waals surface area contributed by atoms with Crippen LogP contribution in [0.4, 0.5) is 15.0 Å². The number of pyridine rings is 1. The molecule has 0 spiro atoms. The van der Waals surface area contributed by atoms with Gasteiger partial charge in [0.1, 0.15) is 11.2 Å². The van der Waals surface area contributed by atoms with Crippen LogP contribution in [-0.4, -0.2) is 39.2 Å². The molecule has 2 N–H and O–H groups in total. The van der Waals surface area contributed by atoms with E-state index >= 15 is 0 Å². The van der Waals surface area contributed by atoms with Crippen molar-refractivity contribution >= 4 is 23.5 Å². The van der Waals surface area contributed by atoms with E-state index in [0.717, 1.165) is 6.07 Å². The van der Waals surface area contributed by atoms with E-state index in [1.54, 1.807) is 26.8 Å². The van der Waals surface area contributed by atoms with Gasteiger partial charge in [-0.15, -0.1) is 0 Å². The molecule has 1 atom stereocenters. The van der Waals surface area contributed by atoms with Crippen LogP contribution in [-0.2, 0) is 0 Å². The predicted octanol–water partition coefficient (Wildman–Crippen LogP) is 3.96. The Labute approximate surface area is 146 Å². The Kier molecular flexibility index (Phi) is 6.38. The van der Waals surface area contributed by atoms with E-state index in [2.05, 4.69) is 10.3 Å². The summed E-state index contributed by atoms with van der Waals surface area (Å²) in [6.45, 7) is 9.30. The van der Waals surface area contributed by atoms with Crippen LogP contribution in [0, 0.1) is 23.1 Å². The lowest BCUT2D eigenvalue weighted by Crippen LogP contribution is -2.51. The highest BCUT2D eigenvalue weighted by molar-refractivity contribution is 6.30. The van der Waals surface area contributed by atoms with E-state index < -0.39 is 17.4 Å². The van der Waals surface area contributed by atoms with Crippen LogP contribution >= 0.6 is 11.6 Å². The summed E-state index contributed by atoms with van der Waals surface area (Å²) in [5.74, 6) is -0.805. The summed E-state index contributed by atoms with van der Waals surface area (Å²) in [6.07, 6.45) is -1.05. The van der Waals surface area contributed by atoms with E-state index in [9.17, 15) is 14.3 Å². The molecule has 0 aromatic carbocycles. The molecule has 1 aromatic rings. The second kappa shape index (κ2) is 7.67. The molecule has 8 heteroatoms. The number of anilines is 1. The fourth-order valence-electron chi connectivity index (χ4n) is 2.08. The molecule has 0 aliphatic rings. The zero-order valence-corrected chi connectivity index (χ0v) is 15.1. The number of halogens is 2. The summed E-state index contributed by atoms with van der Waals surface area (Å²) in [4.78, 5) is 16.7. The van der Waals surface area contributed by atoms with Crippen LogP contribution in [0.3, 0.4) is 0 Å². The second-order valence-corrected chi connectivity index (χ2v) is 7.19. The molecule has 0 unspecified atom stereocenters. The summed E-state index contributed by atoms with van der Waals surface area (Å²) in [7, 11) is 0. The minimum absolute atomic E-state index is 0.00446. The van der Waals surface area contributed by atoms with Gasteiger partial charge >= 0.3 is 6.09 Å². The normalized spacial score (nSPS) is 12.6. The molecule has 1 heterocycles. The molecular formula is C16H22ClFN4O2. The Morgan fingerprint density at radius 1 is 1.54 bits per heavy atom. The number of carbonyl (C=O) groups is 1. The molecule has 0 radical (unpaired) electrons. The standard InChI is InChI=1S/C16H22ClFN4O2/c1-9(2)12(8-22(15(23)24)16(3,4)5)20-14-11(18)6-10(7-19)13(17)21-14/h6,9,12H,8H2,1-5H3,(H,20,21)(H,23,24)/t12-/m0/s1. The zero-order chi connectivity index (χ0) is 18.7. The number of rotatable bonds is 5. The fourth-order valence-corrected chi connectivity index (χ4v) is 2.26. The highest BCUT2D eigenvalue weighted by Gasteiger charge is 2.30. The monoisotopic (exact) mass is 356 g/mol. The highest BCUT2D eigenvalue weighted by Crippen LogP contribution is 2.23. The van der Waals surface area contributed by atoms with E-state index in [1.165, 1.54) is 4.90 Å². The first-order valence-electron chi connectivity index (χ1n) is 7.50. The highest BCUT2D eigenvalue weighted by atomic mass is 35.5. The van der Waals surface area contributed by atoms with Gasteiger partial charge in [0.15, 0.2) is 11.6 Å². The van der Waals surface area contributed by atoms with Crippen LogP contribution in [0.2, 0.25) is 5.15 Å². The molecule has 0 fully saturated rings. The van der Waals surface area contributed by atoms with E-state index in [-0.39, 0.29) is 35.0 Å². The Morgan fingerprint density at radius 2 is 2.12 bits per heavy atom. The average molecular weight is 357 g/mol. The maximum atomic E-state index is 14.1. The second-order valence-electron chi connectivity index (χ2n) is 6.83. The number of nitrogens with zero attached hydrogens (tertiary/aromatic N) is 3. The first-order valence-corrected chi connectivity index (χ1v) is 7.88. The molecule has 24 heavy (non-hydrogen) atoms. The number of hydrogen-bond donors (Lipinski definition) is 2. The minimum atomic E-state index is -1.05. The number of carboxylic acid groups (broad SMARTS) is 1. The van der Waals surface area contributed by atoms with Crippen LogP contribution in [0.25, 0.3) is 0 Å². The van der Waals surface area contributed by atoms with Gasteiger partial charge in [0.2, 0.25) is 0 Å². The van der Waals surface area contributed by atoms with Crippen LogP contribution in [0.5, 0.6) is 0 Å². The molecule has 6 nitrogen and oxygen atoms in total. The summed E-state index contributed by atoms with van der Waals surface area (Å²) >= 11 is 5.85. The van der Waals surface area contributed by atoms with E-state index in [1.807, 2.05) is 13.8 Å². The van der Waals surface area contributed by atoms with Crippen LogP contribution in [0.15, 0.2) is 6.07 Å². The van der Waals surface area contributed by atoms with Gasteiger partial charge in [0, 0.05) is 18.1 Å². The van der Waals surface area contributed by atoms with Gasteiger partial charge in [-0.1, -0.05) is 25.4 Å². The van der Waals surface area contributed by atoms with Crippen molar-refractivity contribution in [2.75, 3.05) is 11.9 Å². The fraction of sp³-hybridized carbons (Fsp3) is 0.562. The quantitative estimate of drug-likeness (QED) is 0.779. The molecule has 0 saturated heterocycles. The van der Waals surface area contributed by atoms with Gasteiger partial charge < -0.3 is 15.3 Å². The first kappa shape index (κ1) is 20.0. The number of nitrogens with one attached hydrogen (secondary N) is 1. The van der Waals surface area contributed by atoms with Crippen molar-refractivity contribution in [3.8, 4) is 6.07 Å². The van der Waals surface area contributed by atoms with Crippen molar-refractivity contribution in [3.05, 3.63) is 22.6 Å².